The standard InChI is InChI=1S/C9H18.C8H16.C7H14.C5H12.2C4H10.C3H8/c1-3-9(2)7-5-4-6-8-9;1-8(2)6-4-3-5-7-8;1-7(2)5-3-4-6-7;1-5(2,3)4;1-4(2)3;1-3-4-2;1-3-2/h3-8H2,1-2H3;3-7H2,1-2H3;3-6H2,1-2H3;1-4H3;4H,1-3H3;3-4H2,1-2H3;3H2,1-2H3. The highest BCUT2D eigenvalue weighted by Crippen LogP contribution is 2.38. The molecule has 248 valence electrons. The lowest BCUT2D eigenvalue weighted by Crippen LogP contribution is -2.18. The Hall–Kier alpha value is 0. The van der Waals surface area contributed by atoms with E-state index in [1.165, 1.54) is 116 Å². The van der Waals surface area contributed by atoms with Crippen LogP contribution in [-0.4, -0.2) is 0 Å². The van der Waals surface area contributed by atoms with Gasteiger partial charge < -0.3 is 0 Å². The Kier molecular flexibility index (Phi) is 32.6. The minimum Gasteiger partial charge on any atom is -0.0656 e. The van der Waals surface area contributed by atoms with Gasteiger partial charge in [0.25, 0.3) is 0 Å². The molecule has 0 atom stereocenters. The average Bonchev–Trinajstić information content (AvgIpc) is 3.23. The second-order valence-corrected chi connectivity index (χ2v) is 17.3. The first-order chi connectivity index (χ1) is 18.2. The highest BCUT2D eigenvalue weighted by molar-refractivity contribution is 4.76. The lowest BCUT2D eigenvalue weighted by molar-refractivity contribution is 0.208. The maximum absolute atomic E-state index is 2.44. The van der Waals surface area contributed by atoms with E-state index in [0.717, 1.165) is 11.3 Å². The Morgan fingerprint density at radius 2 is 0.675 bits per heavy atom. The molecule has 0 heteroatoms. The zero-order valence-corrected chi connectivity index (χ0v) is 32.3. The third kappa shape index (κ3) is 47.8. The Morgan fingerprint density at radius 1 is 0.475 bits per heavy atom. The summed E-state index contributed by atoms with van der Waals surface area (Å²) in [6, 6.07) is 0. The predicted molar refractivity (Wildman–Crippen MR) is 193 cm³/mol. The van der Waals surface area contributed by atoms with Crippen molar-refractivity contribution in [2.75, 3.05) is 0 Å². The molecule has 0 saturated heterocycles. The molecule has 0 aromatic heterocycles. The minimum atomic E-state index is 0.500. The van der Waals surface area contributed by atoms with E-state index in [0.29, 0.717) is 16.2 Å². The third-order valence-electron chi connectivity index (χ3n) is 7.58. The predicted octanol–water partition coefficient (Wildman–Crippen LogP) is 15.9. The molecule has 0 aromatic rings. The molecule has 0 radical (unpaired) electrons. The van der Waals surface area contributed by atoms with Gasteiger partial charge in [0.05, 0.1) is 0 Å². The van der Waals surface area contributed by atoms with E-state index < -0.39 is 0 Å². The molecule has 0 aliphatic heterocycles. The first kappa shape index (κ1) is 46.9. The van der Waals surface area contributed by atoms with Gasteiger partial charge in [-0.3, -0.25) is 0 Å². The van der Waals surface area contributed by atoms with Gasteiger partial charge >= 0.3 is 0 Å². The summed E-state index contributed by atoms with van der Waals surface area (Å²) in [4.78, 5) is 0. The topological polar surface area (TPSA) is 0 Å². The van der Waals surface area contributed by atoms with Crippen molar-refractivity contribution >= 4 is 0 Å². The molecule has 0 nitrogen and oxygen atoms in total. The van der Waals surface area contributed by atoms with Gasteiger partial charge in [0.1, 0.15) is 0 Å². The molecule has 0 N–H and O–H groups in total. The van der Waals surface area contributed by atoms with E-state index in [4.69, 9.17) is 0 Å². The van der Waals surface area contributed by atoms with E-state index in [1.54, 1.807) is 0 Å². The quantitative estimate of drug-likeness (QED) is 0.311. The fraction of sp³-hybridized carbons (Fsp3) is 1.00. The molecule has 0 aromatic carbocycles. The summed E-state index contributed by atoms with van der Waals surface area (Å²) >= 11 is 0. The SMILES string of the molecule is CC(C)(C)C.CC(C)C.CC1(C)CCCC1.CC1(C)CCCCC1.CCC.CCC1(C)CCCCC1.CCCC. The molecule has 0 unspecified atom stereocenters. The van der Waals surface area contributed by atoms with Crippen molar-refractivity contribution in [1.29, 1.82) is 0 Å². The van der Waals surface area contributed by atoms with Gasteiger partial charge in [-0.25, -0.2) is 0 Å². The summed E-state index contributed by atoms with van der Waals surface area (Å²) in [5.74, 6) is 0.833. The molecule has 3 aliphatic carbocycles. The fourth-order valence-electron chi connectivity index (χ4n) is 4.60. The molecule has 3 fully saturated rings. The zero-order chi connectivity index (χ0) is 32.3. The van der Waals surface area contributed by atoms with E-state index in [1.807, 2.05) is 0 Å². The van der Waals surface area contributed by atoms with Crippen molar-refractivity contribution < 1.29 is 0 Å². The van der Waals surface area contributed by atoms with Crippen LogP contribution in [0.5, 0.6) is 0 Å². The lowest BCUT2D eigenvalue weighted by Gasteiger charge is -2.32. The van der Waals surface area contributed by atoms with Crippen molar-refractivity contribution in [2.24, 2.45) is 27.6 Å². The Balaban J connectivity index is -0.000000196. The number of rotatable bonds is 2. The van der Waals surface area contributed by atoms with Gasteiger partial charge in [0.15, 0.2) is 0 Å². The second-order valence-electron chi connectivity index (χ2n) is 17.3. The summed E-state index contributed by atoms with van der Waals surface area (Å²) in [5.41, 5.74) is 2.59. The van der Waals surface area contributed by atoms with Gasteiger partial charge in [-0.2, -0.15) is 0 Å². The smallest absolute Gasteiger partial charge is 0.0328 e. The van der Waals surface area contributed by atoms with Crippen molar-refractivity contribution in [3.8, 4) is 0 Å². The zero-order valence-electron chi connectivity index (χ0n) is 32.3. The molecule has 0 bridgehead atoms. The third-order valence-corrected chi connectivity index (χ3v) is 7.58. The highest BCUT2D eigenvalue weighted by Gasteiger charge is 2.24. The molecular weight excluding hydrogens is 480 g/mol. The van der Waals surface area contributed by atoms with Crippen LogP contribution in [0.15, 0.2) is 0 Å². The number of hydrogen-bond acceptors (Lipinski definition) is 0. The first-order valence-electron chi connectivity index (χ1n) is 18.2. The number of hydrogen-bond donors (Lipinski definition) is 0. The van der Waals surface area contributed by atoms with Gasteiger partial charge in [-0.05, 0) is 66.1 Å². The van der Waals surface area contributed by atoms with Crippen LogP contribution in [0.4, 0.5) is 0 Å². The molecule has 3 saturated carbocycles. The monoisotopic (exact) mass is 569 g/mol. The molecule has 3 aliphatic rings. The molecule has 3 rings (SSSR count). The van der Waals surface area contributed by atoms with Gasteiger partial charge in [-0.15, -0.1) is 0 Å². The van der Waals surface area contributed by atoms with Crippen LogP contribution in [0.1, 0.15) is 233 Å². The first-order valence-corrected chi connectivity index (χ1v) is 18.2. The largest absolute Gasteiger partial charge is 0.0656 e. The molecular formula is C40H88. The van der Waals surface area contributed by atoms with E-state index >= 15 is 0 Å². The highest BCUT2D eigenvalue weighted by atomic mass is 14.3. The van der Waals surface area contributed by atoms with Crippen LogP contribution in [0.3, 0.4) is 0 Å². The maximum atomic E-state index is 2.44. The molecule has 0 amide bonds. The lowest BCUT2D eigenvalue weighted by atomic mass is 9.74. The molecule has 0 spiro atoms. The number of unbranched alkanes of at least 4 members (excludes halogenated alkanes) is 1. The Bertz CT molecular complexity index is 440. The van der Waals surface area contributed by atoms with E-state index in [2.05, 4.69) is 118 Å². The van der Waals surface area contributed by atoms with Gasteiger partial charge in [-0.1, -0.05) is 195 Å². The van der Waals surface area contributed by atoms with Crippen LogP contribution in [0, 0.1) is 27.6 Å². The summed E-state index contributed by atoms with van der Waals surface area (Å²) < 4.78 is 0. The molecule has 0 heterocycles. The fourth-order valence-corrected chi connectivity index (χ4v) is 4.60. The van der Waals surface area contributed by atoms with Crippen LogP contribution < -0.4 is 0 Å². The second kappa shape index (κ2) is 27.8. The van der Waals surface area contributed by atoms with Crippen molar-refractivity contribution in [3.05, 3.63) is 0 Å². The normalized spacial score (nSPS) is 19.9. The van der Waals surface area contributed by atoms with Crippen molar-refractivity contribution in [2.45, 2.75) is 233 Å². The van der Waals surface area contributed by atoms with Crippen LogP contribution in [0.2, 0.25) is 0 Å². The van der Waals surface area contributed by atoms with Crippen LogP contribution in [-0.2, 0) is 0 Å². The summed E-state index contributed by atoms with van der Waals surface area (Å²) in [6.07, 6.45) is 25.8. The van der Waals surface area contributed by atoms with Crippen molar-refractivity contribution in [1.82, 2.24) is 0 Å². The maximum Gasteiger partial charge on any atom is -0.0328 e. The summed E-state index contributed by atoms with van der Waals surface area (Å²) in [5, 5.41) is 0. The molecule has 40 heavy (non-hydrogen) atoms. The van der Waals surface area contributed by atoms with Gasteiger partial charge in [0, 0.05) is 0 Å². The van der Waals surface area contributed by atoms with Gasteiger partial charge in [0.2, 0.25) is 0 Å². The Labute approximate surface area is 260 Å². The summed E-state index contributed by atoms with van der Waals surface area (Å²) in [7, 11) is 0. The Morgan fingerprint density at radius 3 is 0.775 bits per heavy atom. The minimum absolute atomic E-state index is 0.500. The van der Waals surface area contributed by atoms with Crippen LogP contribution >= 0.6 is 0 Å². The summed E-state index contributed by atoms with van der Waals surface area (Å²) in [6.45, 7) is 38.1. The van der Waals surface area contributed by atoms with E-state index in [-0.39, 0.29) is 0 Å². The van der Waals surface area contributed by atoms with E-state index in [9.17, 15) is 0 Å². The van der Waals surface area contributed by atoms with Crippen molar-refractivity contribution in [3.63, 3.8) is 0 Å². The van der Waals surface area contributed by atoms with Crippen LogP contribution in [0.25, 0.3) is 0 Å². The average molecular weight is 569 g/mol.